The molecular weight excluding hydrogens is 813 g/mol. The third-order valence-corrected chi connectivity index (χ3v) is 13.0. The zero-order valence-electron chi connectivity index (χ0n) is 35.5. The van der Waals surface area contributed by atoms with E-state index in [0.717, 1.165) is 26.2 Å². The van der Waals surface area contributed by atoms with E-state index in [1.54, 1.807) is 27.7 Å². The Hall–Kier alpha value is -4.52. The molecule has 4 aliphatic heterocycles. The zero-order chi connectivity index (χ0) is 44.4. The highest BCUT2D eigenvalue weighted by molar-refractivity contribution is 8.02. The molecule has 4 unspecified atom stereocenters. The van der Waals surface area contributed by atoms with Gasteiger partial charge < -0.3 is 50.8 Å². The second kappa shape index (κ2) is 21.3. The van der Waals surface area contributed by atoms with Gasteiger partial charge in [0.1, 0.15) is 34.9 Å². The van der Waals surface area contributed by atoms with E-state index in [4.69, 9.17) is 9.47 Å². The predicted molar refractivity (Wildman–Crippen MR) is 230 cm³/mol. The van der Waals surface area contributed by atoms with Gasteiger partial charge in [-0.15, -0.1) is 23.5 Å². The third kappa shape index (κ3) is 12.5. The fourth-order valence-corrected chi connectivity index (χ4v) is 10.2. The summed E-state index contributed by atoms with van der Waals surface area (Å²) in [6.45, 7) is 19.2. The first-order valence-electron chi connectivity index (χ1n) is 20.1. The highest BCUT2D eigenvalue weighted by atomic mass is 32.2. The van der Waals surface area contributed by atoms with Crippen molar-refractivity contribution in [1.29, 1.82) is 0 Å². The number of nitrogens with one attached hydrogen (secondary N) is 4. The normalized spacial score (nSPS) is 24.0. The Kier molecular flexibility index (Phi) is 17.1. The van der Waals surface area contributed by atoms with Crippen molar-refractivity contribution in [3.63, 3.8) is 0 Å². The number of fused-ring (bicyclic) bond motifs is 2. The molecule has 4 heterocycles. The number of β-lactam (4-membered cyclic amide) rings is 2. The molecule has 60 heavy (non-hydrogen) atoms. The second-order valence-corrected chi connectivity index (χ2v) is 20.3. The lowest BCUT2D eigenvalue weighted by atomic mass is 9.96. The summed E-state index contributed by atoms with van der Waals surface area (Å²) in [6, 6.07) is 17.8. The van der Waals surface area contributed by atoms with Gasteiger partial charge in [0.25, 0.3) is 0 Å². The van der Waals surface area contributed by atoms with E-state index in [2.05, 4.69) is 69.8 Å². The summed E-state index contributed by atoms with van der Waals surface area (Å²) in [5.74, 6) is -2.37. The number of hydrogen-bond acceptors (Lipinski definition) is 12. The number of hydrogen-bond donors (Lipinski definition) is 6. The van der Waals surface area contributed by atoms with Crippen LogP contribution in [-0.4, -0.2) is 127 Å². The lowest BCUT2D eigenvalue weighted by Crippen LogP contribution is -2.70. The number of benzene rings is 2. The van der Waals surface area contributed by atoms with Crippen LogP contribution in [-0.2, 0) is 41.7 Å². The molecule has 6 atom stereocenters. The van der Waals surface area contributed by atoms with E-state index in [9.17, 15) is 39.0 Å². The standard InChI is InChI=1S/C16H20N2.2C13H20N2O5S/c1-3-7-15(8-4-1)13-17-11-12-18-14-16-9-5-2-6-10-16;2*1-6(2)5-20-12(19)14-7-9(16)15-8(11(17)18)13(3,4)21-10(7)15/h1-10,17-18H,11-14H2;2*6-8,10H,5H2,1-4H3,(H,14,19)(H,17,18)/t;2*7-,8?,10?/m.11/s1. The summed E-state index contributed by atoms with van der Waals surface area (Å²) < 4.78 is 8.79. The maximum atomic E-state index is 12.1. The van der Waals surface area contributed by atoms with Crippen LogP contribution in [0.5, 0.6) is 0 Å². The molecule has 16 nitrogen and oxygen atoms in total. The summed E-state index contributed by atoms with van der Waals surface area (Å²) in [5.41, 5.74) is 2.67. The van der Waals surface area contributed by atoms with Crippen molar-refractivity contribution in [2.45, 2.75) is 113 Å². The fourth-order valence-electron chi connectivity index (χ4n) is 6.95. The Morgan fingerprint density at radius 3 is 1.27 bits per heavy atom. The summed E-state index contributed by atoms with van der Waals surface area (Å²) in [4.78, 5) is 72.8. The zero-order valence-corrected chi connectivity index (χ0v) is 37.1. The molecule has 0 saturated carbocycles. The van der Waals surface area contributed by atoms with Crippen molar-refractivity contribution < 1.29 is 48.5 Å². The quantitative estimate of drug-likeness (QED) is 0.109. The number of carboxylic acid groups (broad SMARTS) is 2. The molecule has 4 fully saturated rings. The molecule has 6 N–H and O–H groups in total. The minimum Gasteiger partial charge on any atom is -0.480 e. The summed E-state index contributed by atoms with van der Waals surface area (Å²) in [5, 5.41) is 29.8. The molecule has 0 bridgehead atoms. The van der Waals surface area contributed by atoms with Crippen LogP contribution in [0.4, 0.5) is 9.59 Å². The number of ether oxygens (including phenoxy) is 2. The number of carboxylic acids is 2. The van der Waals surface area contributed by atoms with Gasteiger partial charge >= 0.3 is 24.1 Å². The summed E-state index contributed by atoms with van der Waals surface area (Å²) in [6.07, 6.45) is -1.28. The van der Waals surface area contributed by atoms with Crippen molar-refractivity contribution in [2.75, 3.05) is 26.3 Å². The topological polar surface area (TPSA) is 216 Å². The van der Waals surface area contributed by atoms with Crippen LogP contribution in [0.3, 0.4) is 0 Å². The number of thioether (sulfide) groups is 2. The van der Waals surface area contributed by atoms with Crippen molar-refractivity contribution in [3.8, 4) is 0 Å². The van der Waals surface area contributed by atoms with Gasteiger partial charge in [0.15, 0.2) is 0 Å². The number of carbonyl (C=O) groups is 6. The molecule has 0 aromatic heterocycles. The number of amides is 4. The minimum absolute atomic E-state index is 0.209. The van der Waals surface area contributed by atoms with Gasteiger partial charge in [0.05, 0.1) is 13.2 Å². The molecule has 6 rings (SSSR count). The van der Waals surface area contributed by atoms with Crippen LogP contribution < -0.4 is 21.3 Å². The van der Waals surface area contributed by atoms with Crippen LogP contribution in [0.2, 0.25) is 0 Å². The number of alkyl carbamates (subject to hydrolysis) is 2. The molecule has 2 aromatic carbocycles. The van der Waals surface area contributed by atoms with E-state index < -0.39 is 57.8 Å². The molecule has 0 radical (unpaired) electrons. The first kappa shape index (κ1) is 48.1. The minimum atomic E-state index is -1.02. The van der Waals surface area contributed by atoms with Crippen molar-refractivity contribution in [1.82, 2.24) is 31.1 Å². The van der Waals surface area contributed by atoms with Crippen molar-refractivity contribution in [3.05, 3.63) is 71.8 Å². The Bertz CT molecular complexity index is 1670. The lowest BCUT2D eigenvalue weighted by molar-refractivity contribution is -0.160. The van der Waals surface area contributed by atoms with Gasteiger partial charge in [-0.25, -0.2) is 19.2 Å². The molecular formula is C42H60N6O10S2. The monoisotopic (exact) mass is 872 g/mol. The maximum absolute atomic E-state index is 12.1. The van der Waals surface area contributed by atoms with Crippen LogP contribution in [0.15, 0.2) is 60.7 Å². The number of aliphatic carboxylic acids is 2. The Balaban J connectivity index is 0.000000199. The molecule has 4 aliphatic rings. The van der Waals surface area contributed by atoms with E-state index in [-0.39, 0.29) is 47.6 Å². The average molecular weight is 873 g/mol. The summed E-state index contributed by atoms with van der Waals surface area (Å²) in [7, 11) is 0. The predicted octanol–water partition coefficient (Wildman–Crippen LogP) is 4.33. The van der Waals surface area contributed by atoms with E-state index in [1.165, 1.54) is 44.5 Å². The van der Waals surface area contributed by atoms with E-state index in [0.29, 0.717) is 0 Å². The van der Waals surface area contributed by atoms with E-state index in [1.807, 2.05) is 39.8 Å². The van der Waals surface area contributed by atoms with E-state index >= 15 is 0 Å². The Morgan fingerprint density at radius 1 is 0.633 bits per heavy atom. The highest BCUT2D eigenvalue weighted by Gasteiger charge is 2.65. The first-order valence-corrected chi connectivity index (χ1v) is 21.8. The molecule has 18 heteroatoms. The largest absolute Gasteiger partial charge is 0.480 e. The number of rotatable bonds is 15. The van der Waals surface area contributed by atoms with Crippen LogP contribution in [0.1, 0.15) is 66.5 Å². The van der Waals surface area contributed by atoms with Gasteiger partial charge in [-0.05, 0) is 50.7 Å². The van der Waals surface area contributed by atoms with Crippen molar-refractivity contribution in [2.24, 2.45) is 11.8 Å². The molecule has 4 amide bonds. The van der Waals surface area contributed by atoms with Gasteiger partial charge in [0.2, 0.25) is 11.8 Å². The average Bonchev–Trinajstić information content (AvgIpc) is 3.61. The van der Waals surface area contributed by atoms with Crippen LogP contribution in [0.25, 0.3) is 0 Å². The first-order chi connectivity index (χ1) is 28.2. The molecule has 330 valence electrons. The molecule has 0 spiro atoms. The second-order valence-electron chi connectivity index (χ2n) is 16.7. The van der Waals surface area contributed by atoms with Gasteiger partial charge in [-0.1, -0.05) is 88.4 Å². The van der Waals surface area contributed by atoms with Gasteiger partial charge in [0, 0.05) is 35.7 Å². The summed E-state index contributed by atoms with van der Waals surface area (Å²) >= 11 is 2.77. The van der Waals surface area contributed by atoms with Crippen LogP contribution in [0, 0.1) is 11.8 Å². The smallest absolute Gasteiger partial charge is 0.407 e. The lowest BCUT2D eigenvalue weighted by Gasteiger charge is -2.43. The van der Waals surface area contributed by atoms with Crippen LogP contribution >= 0.6 is 23.5 Å². The van der Waals surface area contributed by atoms with Gasteiger partial charge in [-0.2, -0.15) is 0 Å². The SMILES string of the molecule is CC(C)COC(=O)N[C@@H]1C(=O)N2C1SC(C)(C)C2C(=O)O.CC(C)COC(=O)N[C@@H]1C(=O)N2C1SC(C)(C)C2C(=O)O.c1ccc(CNCCNCc2ccccc2)cc1. The molecule has 4 saturated heterocycles. The number of carbonyl (C=O) groups excluding carboxylic acids is 4. The Labute approximate surface area is 360 Å². The molecule has 2 aromatic rings. The fraction of sp³-hybridized carbons (Fsp3) is 0.571. The van der Waals surface area contributed by atoms with Gasteiger partial charge in [-0.3, -0.25) is 9.59 Å². The van der Waals surface area contributed by atoms with Crippen molar-refractivity contribution >= 4 is 59.5 Å². The third-order valence-electron chi connectivity index (χ3n) is 9.81. The Morgan fingerprint density at radius 2 is 0.967 bits per heavy atom. The maximum Gasteiger partial charge on any atom is 0.407 e. The highest BCUT2D eigenvalue weighted by Crippen LogP contribution is 2.51. The molecule has 0 aliphatic carbocycles. The number of nitrogens with zero attached hydrogens (tertiary/aromatic N) is 2.